The van der Waals surface area contributed by atoms with Gasteiger partial charge in [0.2, 0.25) is 27.6 Å². The van der Waals surface area contributed by atoms with Crippen molar-refractivity contribution < 1.29 is 32.3 Å². The molecule has 13 nitrogen and oxygen atoms in total. The molecule has 3 aliphatic rings. The zero-order chi connectivity index (χ0) is 34.7. The van der Waals surface area contributed by atoms with Gasteiger partial charge in [0.1, 0.15) is 23.3 Å². The molecule has 0 radical (unpaired) electrons. The van der Waals surface area contributed by atoms with E-state index in [1.807, 2.05) is 54.6 Å². The minimum absolute atomic E-state index is 0.00422. The molecule has 2 aromatic carbocycles. The highest BCUT2D eigenvalue weighted by Gasteiger charge is 2.62. The van der Waals surface area contributed by atoms with Gasteiger partial charge in [-0.3, -0.25) is 19.2 Å². The fourth-order valence-corrected chi connectivity index (χ4v) is 7.68. The van der Waals surface area contributed by atoms with Crippen molar-refractivity contribution >= 4 is 44.7 Å². The van der Waals surface area contributed by atoms with E-state index in [4.69, 9.17) is 19.4 Å². The molecule has 1 aliphatic heterocycles. The van der Waals surface area contributed by atoms with Crippen LogP contribution in [0.4, 0.5) is 4.79 Å². The molecule has 2 saturated carbocycles. The Kier molecular flexibility index (Phi) is 7.88. The SMILES string of the molecule is C=CC1C[C@]1(NC(=O)C1C[C@@H](Oc2cc(-c3ccccc3)nc3nc4ccccc4n23)CN1C(=O)OC(C)(C)C)C(=O)NS(=O)(=O)C1CC1. The highest BCUT2D eigenvalue weighted by atomic mass is 32.2. The lowest BCUT2D eigenvalue weighted by molar-refractivity contribution is -0.131. The molecule has 7 rings (SSSR count). The highest BCUT2D eigenvalue weighted by Crippen LogP contribution is 2.45. The first-order chi connectivity index (χ1) is 23.3. The molecule has 49 heavy (non-hydrogen) atoms. The maximum atomic E-state index is 14.0. The van der Waals surface area contributed by atoms with Crippen LogP contribution in [-0.4, -0.2) is 80.7 Å². The fraction of sp³-hybridized carbons (Fsp3) is 0.400. The Balaban J connectivity index is 1.20. The van der Waals surface area contributed by atoms with E-state index in [0.29, 0.717) is 30.2 Å². The molecule has 4 atom stereocenters. The van der Waals surface area contributed by atoms with E-state index in [1.54, 1.807) is 31.2 Å². The van der Waals surface area contributed by atoms with Crippen LogP contribution in [0.3, 0.4) is 0 Å². The lowest BCUT2D eigenvalue weighted by Crippen LogP contribution is -2.56. The lowest BCUT2D eigenvalue weighted by Gasteiger charge is -2.29. The summed E-state index contributed by atoms with van der Waals surface area (Å²) in [6.07, 6.45) is 1.33. The fourth-order valence-electron chi connectivity index (χ4n) is 6.31. The minimum Gasteiger partial charge on any atom is -0.473 e. The molecule has 3 amide bonds. The van der Waals surface area contributed by atoms with Crippen LogP contribution in [0.1, 0.15) is 46.5 Å². The van der Waals surface area contributed by atoms with E-state index in [0.717, 1.165) is 16.6 Å². The van der Waals surface area contributed by atoms with Gasteiger partial charge in [0.05, 0.1) is 28.5 Å². The monoisotopic (exact) mass is 686 g/mol. The summed E-state index contributed by atoms with van der Waals surface area (Å²) < 4.78 is 41.5. The van der Waals surface area contributed by atoms with Gasteiger partial charge in [0.25, 0.3) is 5.91 Å². The number of imidazole rings is 1. The van der Waals surface area contributed by atoms with Crippen molar-refractivity contribution in [1.82, 2.24) is 29.3 Å². The van der Waals surface area contributed by atoms with Crippen molar-refractivity contribution in [2.24, 2.45) is 5.92 Å². The molecule has 2 aromatic heterocycles. The number of amides is 3. The summed E-state index contributed by atoms with van der Waals surface area (Å²) in [7, 11) is -3.86. The summed E-state index contributed by atoms with van der Waals surface area (Å²) >= 11 is 0. The molecular weight excluding hydrogens is 648 g/mol. The summed E-state index contributed by atoms with van der Waals surface area (Å²) in [5.41, 5.74) is 0.628. The van der Waals surface area contributed by atoms with E-state index in [1.165, 1.54) is 11.0 Å². The van der Waals surface area contributed by atoms with E-state index < -0.39 is 62.4 Å². The Bertz CT molecular complexity index is 2090. The van der Waals surface area contributed by atoms with Crippen LogP contribution in [0.25, 0.3) is 28.1 Å². The summed E-state index contributed by atoms with van der Waals surface area (Å²) in [5, 5.41) is 2.17. The number of carbonyl (C=O) groups excluding carboxylic acids is 3. The first-order valence-corrected chi connectivity index (χ1v) is 17.8. The van der Waals surface area contributed by atoms with Gasteiger partial charge in [-0.15, -0.1) is 6.58 Å². The average Bonchev–Trinajstić information content (AvgIpc) is 3.95. The quantitative estimate of drug-likeness (QED) is 0.248. The third kappa shape index (κ3) is 6.32. The number of benzene rings is 2. The number of likely N-dealkylation sites (tertiary alicyclic amines) is 1. The summed E-state index contributed by atoms with van der Waals surface area (Å²) in [6, 6.07) is 17.9. The second-order valence-corrected chi connectivity index (χ2v) is 15.8. The first-order valence-electron chi connectivity index (χ1n) is 16.3. The Hall–Kier alpha value is -4.98. The van der Waals surface area contributed by atoms with Crippen molar-refractivity contribution in [3.05, 3.63) is 73.3 Å². The number of hydrogen-bond donors (Lipinski definition) is 2. The van der Waals surface area contributed by atoms with Gasteiger partial charge in [-0.25, -0.2) is 27.6 Å². The van der Waals surface area contributed by atoms with Crippen molar-refractivity contribution in [2.45, 2.75) is 75.0 Å². The van der Waals surface area contributed by atoms with Crippen molar-refractivity contribution in [3.63, 3.8) is 0 Å². The molecule has 2 unspecified atom stereocenters. The molecule has 256 valence electrons. The van der Waals surface area contributed by atoms with Gasteiger partial charge < -0.3 is 14.8 Å². The molecular formula is C35H38N6O7S. The Morgan fingerprint density at radius 3 is 2.43 bits per heavy atom. The van der Waals surface area contributed by atoms with Gasteiger partial charge >= 0.3 is 6.09 Å². The Morgan fingerprint density at radius 1 is 1.04 bits per heavy atom. The second kappa shape index (κ2) is 11.9. The maximum Gasteiger partial charge on any atom is 0.411 e. The maximum absolute atomic E-state index is 14.0. The molecule has 0 spiro atoms. The van der Waals surface area contributed by atoms with E-state index in [-0.39, 0.29) is 19.4 Å². The summed E-state index contributed by atoms with van der Waals surface area (Å²) in [5.74, 6) is -1.08. The number of sulfonamides is 1. The second-order valence-electron chi connectivity index (χ2n) is 13.9. The van der Waals surface area contributed by atoms with E-state index >= 15 is 0 Å². The third-order valence-electron chi connectivity index (χ3n) is 9.04. The molecule has 4 aromatic rings. The number of hydrogen-bond acceptors (Lipinski definition) is 9. The molecule has 3 fully saturated rings. The van der Waals surface area contributed by atoms with Crippen LogP contribution in [0, 0.1) is 5.92 Å². The lowest BCUT2D eigenvalue weighted by atomic mass is 10.1. The molecule has 14 heteroatoms. The predicted molar refractivity (Wildman–Crippen MR) is 181 cm³/mol. The van der Waals surface area contributed by atoms with Crippen molar-refractivity contribution in [1.29, 1.82) is 0 Å². The number of ether oxygens (including phenoxy) is 2. The topological polar surface area (TPSA) is 161 Å². The van der Waals surface area contributed by atoms with Crippen LogP contribution in [0.5, 0.6) is 5.88 Å². The van der Waals surface area contributed by atoms with Crippen LogP contribution in [0.2, 0.25) is 0 Å². The predicted octanol–water partition coefficient (Wildman–Crippen LogP) is 3.98. The standard InChI is InChI=1S/C35H38N6O7S/c1-5-22-19-35(22,31(43)39-49(45,46)24-15-16-24)38-30(42)28-17-23(20-40(28)33(44)48-34(2,3)4)47-29-18-26(21-11-7-6-8-12-21)37-32-36-25-13-9-10-14-27(25)41(29)32/h5-14,18,22-24,28H,1,15-17,19-20H2,2-4H3,(H,38,42)(H,39,43)/t22?,23-,28?,35-/m1/s1. The molecule has 3 heterocycles. The first kappa shape index (κ1) is 32.6. The number of para-hydroxylation sites is 2. The van der Waals surface area contributed by atoms with Gasteiger partial charge in [-0.2, -0.15) is 0 Å². The molecule has 2 N–H and O–H groups in total. The van der Waals surface area contributed by atoms with Crippen LogP contribution >= 0.6 is 0 Å². The van der Waals surface area contributed by atoms with Gasteiger partial charge in [-0.05, 0) is 52.2 Å². The Morgan fingerprint density at radius 2 is 1.76 bits per heavy atom. The van der Waals surface area contributed by atoms with Gasteiger partial charge in [0.15, 0.2) is 0 Å². The zero-order valence-electron chi connectivity index (χ0n) is 27.5. The Labute approximate surface area is 283 Å². The number of rotatable bonds is 9. The van der Waals surface area contributed by atoms with Crippen LogP contribution < -0.4 is 14.8 Å². The number of nitrogens with zero attached hydrogens (tertiary/aromatic N) is 4. The zero-order valence-corrected chi connectivity index (χ0v) is 28.3. The van der Waals surface area contributed by atoms with Crippen LogP contribution in [-0.2, 0) is 24.3 Å². The highest BCUT2D eigenvalue weighted by molar-refractivity contribution is 7.91. The number of fused-ring (bicyclic) bond motifs is 3. The number of nitrogens with one attached hydrogen (secondary N) is 2. The third-order valence-corrected chi connectivity index (χ3v) is 10.9. The summed E-state index contributed by atoms with van der Waals surface area (Å²) in [4.78, 5) is 51.7. The minimum atomic E-state index is -3.86. The van der Waals surface area contributed by atoms with Crippen LogP contribution in [0.15, 0.2) is 73.3 Å². The molecule has 1 saturated heterocycles. The van der Waals surface area contributed by atoms with Crippen molar-refractivity contribution in [2.75, 3.05) is 6.54 Å². The van der Waals surface area contributed by atoms with Crippen molar-refractivity contribution in [3.8, 4) is 17.1 Å². The van der Waals surface area contributed by atoms with E-state index in [2.05, 4.69) is 16.6 Å². The molecule has 2 aliphatic carbocycles. The molecule has 0 bridgehead atoms. The average molecular weight is 687 g/mol. The number of aromatic nitrogens is 3. The number of carbonyl (C=O) groups is 3. The van der Waals surface area contributed by atoms with Gasteiger partial charge in [-0.1, -0.05) is 48.5 Å². The summed E-state index contributed by atoms with van der Waals surface area (Å²) in [6.45, 7) is 8.95. The van der Waals surface area contributed by atoms with Gasteiger partial charge in [0, 0.05) is 24.0 Å². The smallest absolute Gasteiger partial charge is 0.411 e. The largest absolute Gasteiger partial charge is 0.473 e. The normalized spacial score (nSPS) is 23.7. The van der Waals surface area contributed by atoms with E-state index in [9.17, 15) is 22.8 Å².